The van der Waals surface area contributed by atoms with Crippen LogP contribution in [0.25, 0.3) is 0 Å². The lowest BCUT2D eigenvalue weighted by Crippen LogP contribution is -2.32. The molecule has 0 saturated heterocycles. The minimum Gasteiger partial charge on any atom is -0.395 e. The zero-order chi connectivity index (χ0) is 7.98. The fourth-order valence-electron chi connectivity index (χ4n) is 0.616. The Hall–Kier alpha value is -0.410. The monoisotopic (exact) mass is 145 g/mol. The van der Waals surface area contributed by atoms with Crippen LogP contribution in [0.4, 0.5) is 0 Å². The Kier molecular flexibility index (Phi) is 5.16. The van der Waals surface area contributed by atoms with Gasteiger partial charge in [0.2, 0.25) is 0 Å². The van der Waals surface area contributed by atoms with Crippen molar-refractivity contribution >= 4 is 6.29 Å². The Morgan fingerprint density at radius 3 is 2.70 bits per heavy atom. The molecule has 1 atom stereocenters. The third kappa shape index (κ3) is 3.58. The van der Waals surface area contributed by atoms with Crippen molar-refractivity contribution in [3.05, 3.63) is 0 Å². The van der Waals surface area contributed by atoms with Gasteiger partial charge in [0.25, 0.3) is 0 Å². The van der Waals surface area contributed by atoms with Crippen LogP contribution in [0.2, 0.25) is 0 Å². The lowest BCUT2D eigenvalue weighted by molar-refractivity contribution is -0.108. The van der Waals surface area contributed by atoms with Gasteiger partial charge in [-0.15, -0.1) is 0 Å². The van der Waals surface area contributed by atoms with Gasteiger partial charge in [-0.3, -0.25) is 0 Å². The molecule has 0 rings (SSSR count). The van der Waals surface area contributed by atoms with Crippen molar-refractivity contribution in [1.82, 2.24) is 4.90 Å². The van der Waals surface area contributed by atoms with Crippen LogP contribution in [0.1, 0.15) is 13.3 Å². The highest BCUT2D eigenvalue weighted by molar-refractivity contribution is 5.49. The van der Waals surface area contributed by atoms with Gasteiger partial charge in [-0.1, -0.05) is 0 Å². The Bertz CT molecular complexity index is 95.6. The number of rotatable bonds is 5. The molecular formula is C7H15NO2. The summed E-state index contributed by atoms with van der Waals surface area (Å²) in [6.45, 7) is 2.80. The standard InChI is InChI=1S/C7H15NO2/c1-7(6-10)8(2)4-3-5-9/h5,7,10H,3-4,6H2,1-2H3. The number of likely N-dealkylation sites (N-methyl/N-ethyl adjacent to an activating group) is 1. The molecule has 0 amide bonds. The molecule has 3 heteroatoms. The van der Waals surface area contributed by atoms with Crippen LogP contribution < -0.4 is 0 Å². The lowest BCUT2D eigenvalue weighted by Gasteiger charge is -2.21. The van der Waals surface area contributed by atoms with Crippen LogP contribution in [-0.4, -0.2) is 42.5 Å². The second kappa shape index (κ2) is 5.38. The summed E-state index contributed by atoms with van der Waals surface area (Å²) in [5, 5.41) is 8.67. The second-order valence-electron chi connectivity index (χ2n) is 2.47. The maximum Gasteiger partial charge on any atom is 0.121 e. The van der Waals surface area contributed by atoms with Crippen molar-refractivity contribution < 1.29 is 9.90 Å². The van der Waals surface area contributed by atoms with Gasteiger partial charge >= 0.3 is 0 Å². The summed E-state index contributed by atoms with van der Waals surface area (Å²) in [6, 6.07) is 0.153. The van der Waals surface area contributed by atoms with E-state index in [1.54, 1.807) is 0 Å². The third-order valence-corrected chi connectivity index (χ3v) is 1.62. The first-order valence-corrected chi connectivity index (χ1v) is 3.47. The van der Waals surface area contributed by atoms with Gasteiger partial charge in [0.15, 0.2) is 0 Å². The van der Waals surface area contributed by atoms with Crippen LogP contribution in [0.3, 0.4) is 0 Å². The van der Waals surface area contributed by atoms with Crippen LogP contribution in [0.5, 0.6) is 0 Å². The number of hydrogen-bond acceptors (Lipinski definition) is 3. The predicted molar refractivity (Wildman–Crippen MR) is 39.9 cm³/mol. The van der Waals surface area contributed by atoms with Gasteiger partial charge in [0, 0.05) is 19.0 Å². The van der Waals surface area contributed by atoms with E-state index in [0.717, 1.165) is 12.8 Å². The van der Waals surface area contributed by atoms with E-state index in [1.807, 2.05) is 18.9 Å². The van der Waals surface area contributed by atoms with E-state index in [9.17, 15) is 4.79 Å². The molecule has 0 aromatic rings. The van der Waals surface area contributed by atoms with Crippen molar-refractivity contribution in [3.63, 3.8) is 0 Å². The first-order chi connectivity index (χ1) is 4.72. The van der Waals surface area contributed by atoms with Crippen molar-refractivity contribution in [1.29, 1.82) is 0 Å². The molecule has 0 bridgehead atoms. The average Bonchev–Trinajstić information content (AvgIpc) is 1.98. The van der Waals surface area contributed by atoms with Crippen molar-refractivity contribution in [3.8, 4) is 0 Å². The number of hydrogen-bond donors (Lipinski definition) is 1. The summed E-state index contributed by atoms with van der Waals surface area (Å²) in [4.78, 5) is 11.9. The molecule has 0 radical (unpaired) electrons. The van der Waals surface area contributed by atoms with Crippen LogP contribution in [0.15, 0.2) is 0 Å². The van der Waals surface area contributed by atoms with E-state index >= 15 is 0 Å². The average molecular weight is 145 g/mol. The number of carbonyl (C=O) groups is 1. The van der Waals surface area contributed by atoms with Crippen LogP contribution in [0, 0.1) is 0 Å². The molecule has 0 aliphatic rings. The maximum atomic E-state index is 9.93. The highest BCUT2D eigenvalue weighted by Gasteiger charge is 2.05. The zero-order valence-corrected chi connectivity index (χ0v) is 6.58. The number of aldehydes is 1. The minimum atomic E-state index is 0.148. The van der Waals surface area contributed by atoms with Crippen molar-refractivity contribution in [2.45, 2.75) is 19.4 Å². The third-order valence-electron chi connectivity index (χ3n) is 1.62. The van der Waals surface area contributed by atoms with E-state index in [2.05, 4.69) is 0 Å². The number of nitrogens with zero attached hydrogens (tertiary/aromatic N) is 1. The van der Waals surface area contributed by atoms with Crippen LogP contribution >= 0.6 is 0 Å². The zero-order valence-electron chi connectivity index (χ0n) is 6.58. The normalized spacial score (nSPS) is 13.6. The molecule has 10 heavy (non-hydrogen) atoms. The summed E-state index contributed by atoms with van der Waals surface area (Å²) in [5.74, 6) is 0. The molecule has 0 fully saturated rings. The fourth-order valence-corrected chi connectivity index (χ4v) is 0.616. The quantitative estimate of drug-likeness (QED) is 0.549. The van der Waals surface area contributed by atoms with Gasteiger partial charge in [-0.05, 0) is 14.0 Å². The summed E-state index contributed by atoms with van der Waals surface area (Å²) < 4.78 is 0. The van der Waals surface area contributed by atoms with Crippen LogP contribution in [-0.2, 0) is 4.79 Å². The smallest absolute Gasteiger partial charge is 0.121 e. The molecular weight excluding hydrogens is 130 g/mol. The summed E-state index contributed by atoms with van der Waals surface area (Å²) in [5.41, 5.74) is 0. The maximum absolute atomic E-state index is 9.93. The van der Waals surface area contributed by atoms with Gasteiger partial charge < -0.3 is 14.8 Å². The summed E-state index contributed by atoms with van der Waals surface area (Å²) in [7, 11) is 1.89. The summed E-state index contributed by atoms with van der Waals surface area (Å²) in [6.07, 6.45) is 1.43. The largest absolute Gasteiger partial charge is 0.395 e. The molecule has 0 aliphatic heterocycles. The Balaban J connectivity index is 3.40. The number of aliphatic hydroxyl groups excluding tert-OH is 1. The van der Waals surface area contributed by atoms with Crippen molar-refractivity contribution in [2.75, 3.05) is 20.2 Å². The molecule has 60 valence electrons. The van der Waals surface area contributed by atoms with Gasteiger partial charge in [-0.25, -0.2) is 0 Å². The highest BCUT2D eigenvalue weighted by atomic mass is 16.3. The Morgan fingerprint density at radius 1 is 1.70 bits per heavy atom. The molecule has 0 aromatic carbocycles. The molecule has 3 nitrogen and oxygen atoms in total. The van der Waals surface area contributed by atoms with E-state index in [4.69, 9.17) is 5.11 Å². The Morgan fingerprint density at radius 2 is 2.30 bits per heavy atom. The minimum absolute atomic E-state index is 0.148. The van der Waals surface area contributed by atoms with E-state index in [0.29, 0.717) is 6.42 Å². The molecule has 0 aromatic heterocycles. The molecule has 0 heterocycles. The van der Waals surface area contributed by atoms with Gasteiger partial charge in [0.1, 0.15) is 6.29 Å². The summed E-state index contributed by atoms with van der Waals surface area (Å²) >= 11 is 0. The first kappa shape index (κ1) is 9.59. The van der Waals surface area contributed by atoms with Crippen molar-refractivity contribution in [2.24, 2.45) is 0 Å². The molecule has 1 unspecified atom stereocenters. The molecule has 1 N–H and O–H groups in total. The molecule has 0 spiro atoms. The number of aliphatic hydroxyl groups is 1. The van der Waals surface area contributed by atoms with Gasteiger partial charge in [0.05, 0.1) is 6.61 Å². The number of carbonyl (C=O) groups excluding carboxylic acids is 1. The molecule has 0 saturated carbocycles. The topological polar surface area (TPSA) is 40.5 Å². The predicted octanol–water partition coefficient (Wildman–Crippen LogP) is -0.112. The first-order valence-electron chi connectivity index (χ1n) is 3.47. The Labute approximate surface area is 61.6 Å². The lowest BCUT2D eigenvalue weighted by atomic mass is 10.3. The fraction of sp³-hybridized carbons (Fsp3) is 0.857. The molecule has 0 aliphatic carbocycles. The second-order valence-corrected chi connectivity index (χ2v) is 2.47. The highest BCUT2D eigenvalue weighted by Crippen LogP contribution is 1.93. The van der Waals surface area contributed by atoms with E-state index in [-0.39, 0.29) is 12.6 Å². The SMILES string of the molecule is CC(CO)N(C)CCC=O. The van der Waals surface area contributed by atoms with Gasteiger partial charge in [-0.2, -0.15) is 0 Å². The van der Waals surface area contributed by atoms with E-state index < -0.39 is 0 Å². The van der Waals surface area contributed by atoms with E-state index in [1.165, 1.54) is 0 Å².